The van der Waals surface area contributed by atoms with Crippen molar-refractivity contribution >= 4 is 5.69 Å². The molecule has 3 N–H and O–H groups in total. The van der Waals surface area contributed by atoms with Crippen molar-refractivity contribution in [3.05, 3.63) is 17.2 Å². The van der Waals surface area contributed by atoms with Crippen LogP contribution in [0.1, 0.15) is 11.1 Å². The summed E-state index contributed by atoms with van der Waals surface area (Å²) in [6, 6.07) is 1.70. The Kier molecular flexibility index (Phi) is 2.13. The van der Waals surface area contributed by atoms with E-state index in [0.717, 1.165) is 5.56 Å². The Labute approximate surface area is 71.8 Å². The number of methoxy groups -OCH3 is 1. The highest BCUT2D eigenvalue weighted by atomic mass is 16.5. The highest BCUT2D eigenvalue weighted by Gasteiger charge is 2.10. The number of hydrogen-bond donors (Lipinski definition) is 2. The quantitative estimate of drug-likeness (QED) is 0.493. The third-order valence-electron chi connectivity index (χ3n) is 1.91. The molecule has 0 aromatic heterocycles. The van der Waals surface area contributed by atoms with Crippen molar-refractivity contribution in [1.82, 2.24) is 0 Å². The van der Waals surface area contributed by atoms with E-state index in [2.05, 4.69) is 0 Å². The average molecular weight is 167 g/mol. The van der Waals surface area contributed by atoms with Gasteiger partial charge in [-0.3, -0.25) is 0 Å². The highest BCUT2D eigenvalue weighted by Crippen LogP contribution is 2.35. The van der Waals surface area contributed by atoms with E-state index in [1.165, 1.54) is 7.11 Å². The number of rotatable bonds is 1. The van der Waals surface area contributed by atoms with Gasteiger partial charge in [-0.25, -0.2) is 0 Å². The normalized spacial score (nSPS) is 9.92. The predicted molar refractivity (Wildman–Crippen MR) is 48.5 cm³/mol. The van der Waals surface area contributed by atoms with Crippen LogP contribution in [-0.4, -0.2) is 12.2 Å². The summed E-state index contributed by atoms with van der Waals surface area (Å²) in [4.78, 5) is 0. The molecule has 0 spiro atoms. The van der Waals surface area contributed by atoms with E-state index in [9.17, 15) is 5.11 Å². The Hall–Kier alpha value is -1.38. The van der Waals surface area contributed by atoms with Crippen LogP contribution in [0.15, 0.2) is 6.07 Å². The summed E-state index contributed by atoms with van der Waals surface area (Å²) in [7, 11) is 1.54. The molecule has 1 aromatic rings. The number of phenolic OH excluding ortho intramolecular Hbond substituents is 1. The molecule has 0 aliphatic heterocycles. The van der Waals surface area contributed by atoms with Crippen molar-refractivity contribution in [2.75, 3.05) is 12.8 Å². The second-order valence-corrected chi connectivity index (χ2v) is 2.79. The molecule has 0 unspecified atom stereocenters. The molecule has 0 fully saturated rings. The van der Waals surface area contributed by atoms with Crippen LogP contribution in [0.2, 0.25) is 0 Å². The molecular formula is C9H13NO2. The van der Waals surface area contributed by atoms with Crippen LogP contribution in [-0.2, 0) is 0 Å². The fourth-order valence-electron chi connectivity index (χ4n) is 1.26. The van der Waals surface area contributed by atoms with Gasteiger partial charge in [-0.05, 0) is 25.5 Å². The molecule has 0 radical (unpaired) electrons. The lowest BCUT2D eigenvalue weighted by Gasteiger charge is -2.11. The van der Waals surface area contributed by atoms with Crippen LogP contribution in [0.25, 0.3) is 0 Å². The zero-order chi connectivity index (χ0) is 9.30. The number of nitrogen functional groups attached to an aromatic ring is 1. The molecule has 0 saturated heterocycles. The molecule has 0 heterocycles. The SMILES string of the molecule is COc1c(N)cc(C)c(O)c1C. The number of aryl methyl sites for hydroxylation is 1. The van der Waals surface area contributed by atoms with Crippen molar-refractivity contribution in [2.24, 2.45) is 0 Å². The maximum absolute atomic E-state index is 9.51. The zero-order valence-corrected chi connectivity index (χ0v) is 7.51. The molecule has 3 nitrogen and oxygen atoms in total. The van der Waals surface area contributed by atoms with E-state index in [4.69, 9.17) is 10.5 Å². The maximum Gasteiger partial charge on any atom is 0.148 e. The summed E-state index contributed by atoms with van der Waals surface area (Å²) in [5.41, 5.74) is 7.69. The van der Waals surface area contributed by atoms with Gasteiger partial charge in [0.2, 0.25) is 0 Å². The van der Waals surface area contributed by atoms with E-state index in [1.54, 1.807) is 19.9 Å². The minimum atomic E-state index is 0.251. The summed E-state index contributed by atoms with van der Waals surface area (Å²) in [5.74, 6) is 0.805. The number of nitrogens with two attached hydrogens (primary N) is 1. The molecule has 66 valence electrons. The summed E-state index contributed by atoms with van der Waals surface area (Å²) in [5, 5.41) is 9.51. The first-order chi connectivity index (χ1) is 5.57. The fraction of sp³-hybridized carbons (Fsp3) is 0.333. The summed E-state index contributed by atoms with van der Waals surface area (Å²) in [6.45, 7) is 3.58. The molecule has 0 saturated carbocycles. The van der Waals surface area contributed by atoms with Crippen molar-refractivity contribution in [3.8, 4) is 11.5 Å². The number of benzene rings is 1. The molecular weight excluding hydrogens is 154 g/mol. The predicted octanol–water partition coefficient (Wildman–Crippen LogP) is 1.60. The Morgan fingerprint density at radius 3 is 2.50 bits per heavy atom. The Morgan fingerprint density at radius 1 is 1.42 bits per heavy atom. The standard InChI is InChI=1S/C9H13NO2/c1-5-4-7(10)9(12-3)6(2)8(5)11/h4,11H,10H2,1-3H3. The molecule has 0 aliphatic rings. The third kappa shape index (κ3) is 1.18. The van der Waals surface area contributed by atoms with Gasteiger partial charge in [-0.15, -0.1) is 0 Å². The largest absolute Gasteiger partial charge is 0.507 e. The number of ether oxygens (including phenoxy) is 1. The minimum absolute atomic E-state index is 0.251. The summed E-state index contributed by atoms with van der Waals surface area (Å²) >= 11 is 0. The van der Waals surface area contributed by atoms with Crippen molar-refractivity contribution in [2.45, 2.75) is 13.8 Å². The molecule has 0 aliphatic carbocycles. The topological polar surface area (TPSA) is 55.5 Å². The molecule has 1 rings (SSSR count). The maximum atomic E-state index is 9.51. The Morgan fingerprint density at radius 2 is 2.00 bits per heavy atom. The monoisotopic (exact) mass is 167 g/mol. The second kappa shape index (κ2) is 2.93. The highest BCUT2D eigenvalue weighted by molar-refractivity contribution is 5.63. The lowest BCUT2D eigenvalue weighted by atomic mass is 10.1. The van der Waals surface area contributed by atoms with Crippen LogP contribution < -0.4 is 10.5 Å². The van der Waals surface area contributed by atoms with Gasteiger partial charge in [0.25, 0.3) is 0 Å². The third-order valence-corrected chi connectivity index (χ3v) is 1.91. The van der Waals surface area contributed by atoms with Gasteiger partial charge in [-0.2, -0.15) is 0 Å². The molecule has 1 aromatic carbocycles. The Bertz CT molecular complexity index is 308. The Balaban J connectivity index is 3.40. The van der Waals surface area contributed by atoms with E-state index < -0.39 is 0 Å². The van der Waals surface area contributed by atoms with Gasteiger partial charge in [0.05, 0.1) is 12.8 Å². The lowest BCUT2D eigenvalue weighted by molar-refractivity contribution is 0.404. The molecule has 0 atom stereocenters. The summed E-state index contributed by atoms with van der Waals surface area (Å²) in [6.07, 6.45) is 0. The van der Waals surface area contributed by atoms with E-state index in [1.807, 2.05) is 0 Å². The summed E-state index contributed by atoms with van der Waals surface area (Å²) < 4.78 is 5.03. The number of aromatic hydroxyl groups is 1. The smallest absolute Gasteiger partial charge is 0.148 e. The van der Waals surface area contributed by atoms with Crippen molar-refractivity contribution in [1.29, 1.82) is 0 Å². The van der Waals surface area contributed by atoms with Gasteiger partial charge in [0, 0.05) is 5.56 Å². The van der Waals surface area contributed by atoms with E-state index >= 15 is 0 Å². The molecule has 0 bridgehead atoms. The van der Waals surface area contributed by atoms with Gasteiger partial charge in [0.1, 0.15) is 11.5 Å². The number of phenols is 1. The van der Waals surface area contributed by atoms with Gasteiger partial charge in [0.15, 0.2) is 0 Å². The van der Waals surface area contributed by atoms with E-state index in [-0.39, 0.29) is 5.75 Å². The first kappa shape index (κ1) is 8.71. The van der Waals surface area contributed by atoms with Crippen LogP contribution in [0, 0.1) is 13.8 Å². The molecule has 0 amide bonds. The number of hydrogen-bond acceptors (Lipinski definition) is 3. The van der Waals surface area contributed by atoms with Crippen LogP contribution in [0.5, 0.6) is 11.5 Å². The van der Waals surface area contributed by atoms with Crippen molar-refractivity contribution in [3.63, 3.8) is 0 Å². The average Bonchev–Trinajstić information content (AvgIpc) is 2.01. The number of anilines is 1. The molecule has 12 heavy (non-hydrogen) atoms. The van der Waals surface area contributed by atoms with Crippen LogP contribution in [0.3, 0.4) is 0 Å². The van der Waals surface area contributed by atoms with Gasteiger partial charge >= 0.3 is 0 Å². The fourth-order valence-corrected chi connectivity index (χ4v) is 1.26. The second-order valence-electron chi connectivity index (χ2n) is 2.79. The van der Waals surface area contributed by atoms with Gasteiger partial charge < -0.3 is 15.6 Å². The van der Waals surface area contributed by atoms with Gasteiger partial charge in [-0.1, -0.05) is 0 Å². The zero-order valence-electron chi connectivity index (χ0n) is 7.51. The van der Waals surface area contributed by atoms with Crippen LogP contribution >= 0.6 is 0 Å². The van der Waals surface area contributed by atoms with E-state index in [0.29, 0.717) is 17.0 Å². The van der Waals surface area contributed by atoms with Crippen LogP contribution in [0.4, 0.5) is 5.69 Å². The first-order valence-electron chi connectivity index (χ1n) is 3.70. The minimum Gasteiger partial charge on any atom is -0.507 e. The molecule has 3 heteroatoms. The first-order valence-corrected chi connectivity index (χ1v) is 3.70. The van der Waals surface area contributed by atoms with Crippen molar-refractivity contribution < 1.29 is 9.84 Å². The lowest BCUT2D eigenvalue weighted by Crippen LogP contribution is -1.96.